The summed E-state index contributed by atoms with van der Waals surface area (Å²) in [6.45, 7) is 12.2. The Morgan fingerprint density at radius 2 is 1.86 bits per heavy atom. The van der Waals surface area contributed by atoms with Crippen LogP contribution >= 0.6 is 0 Å². The van der Waals surface area contributed by atoms with E-state index in [0.717, 1.165) is 19.4 Å². The highest BCUT2D eigenvalue weighted by Crippen LogP contribution is 2.57. The maximum absolute atomic E-state index is 11.2. The van der Waals surface area contributed by atoms with E-state index in [2.05, 4.69) is 70.3 Å². The molecule has 1 unspecified atom stereocenters. The number of allylic oxidation sites excluding steroid dienone is 4. The molecule has 29 heavy (non-hydrogen) atoms. The molecule has 1 fully saturated rings. The second kappa shape index (κ2) is 7.80. The van der Waals surface area contributed by atoms with Gasteiger partial charge in [0.1, 0.15) is 0 Å². The lowest BCUT2D eigenvalue weighted by molar-refractivity contribution is 0.104. The molecule has 0 aliphatic heterocycles. The molecular weight excluding hydrogens is 354 g/mol. The van der Waals surface area contributed by atoms with Crippen LogP contribution in [-0.2, 0) is 0 Å². The molecule has 3 aliphatic rings. The average Bonchev–Trinajstić information content (AvgIpc) is 2.94. The number of aryl methyl sites for hydroxylation is 2. The van der Waals surface area contributed by atoms with E-state index in [9.17, 15) is 5.11 Å². The highest BCUT2D eigenvalue weighted by molar-refractivity contribution is 5.57. The lowest BCUT2D eigenvalue weighted by atomic mass is 9.64. The monoisotopic (exact) mass is 391 g/mol. The Morgan fingerprint density at radius 3 is 2.55 bits per heavy atom. The van der Waals surface area contributed by atoms with Crippen molar-refractivity contribution in [1.82, 2.24) is 0 Å². The van der Waals surface area contributed by atoms with Crippen molar-refractivity contribution in [2.24, 2.45) is 17.3 Å². The Morgan fingerprint density at radius 1 is 1.14 bits per heavy atom. The molecule has 0 saturated heterocycles. The molecule has 0 heterocycles. The van der Waals surface area contributed by atoms with Gasteiger partial charge >= 0.3 is 0 Å². The lowest BCUT2D eigenvalue weighted by Gasteiger charge is -2.41. The van der Waals surface area contributed by atoms with E-state index in [0.29, 0.717) is 17.3 Å². The first kappa shape index (κ1) is 20.5. The normalized spacial score (nSPS) is 29.2. The molecule has 2 heteroatoms. The van der Waals surface area contributed by atoms with E-state index in [1.54, 1.807) is 11.1 Å². The highest BCUT2D eigenvalue weighted by atomic mass is 16.3. The summed E-state index contributed by atoms with van der Waals surface area (Å²) in [6, 6.07) is 6.42. The van der Waals surface area contributed by atoms with Gasteiger partial charge < -0.3 is 10.4 Å². The third-order valence-electron chi connectivity index (χ3n) is 7.67. The van der Waals surface area contributed by atoms with Gasteiger partial charge in [-0.05, 0) is 85.1 Å². The van der Waals surface area contributed by atoms with Crippen molar-refractivity contribution >= 4 is 5.69 Å². The van der Waals surface area contributed by atoms with Gasteiger partial charge in [-0.15, -0.1) is 0 Å². The number of anilines is 1. The van der Waals surface area contributed by atoms with Gasteiger partial charge in [0.25, 0.3) is 0 Å². The molecule has 0 amide bonds. The van der Waals surface area contributed by atoms with Gasteiger partial charge in [-0.2, -0.15) is 0 Å². The zero-order valence-corrected chi connectivity index (χ0v) is 18.8. The van der Waals surface area contributed by atoms with Crippen LogP contribution in [0.25, 0.3) is 0 Å². The van der Waals surface area contributed by atoms with E-state index in [-0.39, 0.29) is 6.10 Å². The van der Waals surface area contributed by atoms with Crippen LogP contribution in [0, 0.1) is 31.1 Å². The third kappa shape index (κ3) is 3.72. The minimum Gasteiger partial charge on any atom is -0.392 e. The van der Waals surface area contributed by atoms with Crippen molar-refractivity contribution in [1.29, 1.82) is 0 Å². The van der Waals surface area contributed by atoms with Crippen molar-refractivity contribution in [2.45, 2.75) is 72.8 Å². The predicted octanol–water partition coefficient (Wildman–Crippen LogP) is 6.50. The van der Waals surface area contributed by atoms with Crippen LogP contribution < -0.4 is 5.32 Å². The molecule has 2 N–H and O–H groups in total. The van der Waals surface area contributed by atoms with E-state index >= 15 is 0 Å². The van der Waals surface area contributed by atoms with Gasteiger partial charge in [0.2, 0.25) is 0 Å². The molecule has 1 aromatic carbocycles. The van der Waals surface area contributed by atoms with Crippen molar-refractivity contribution in [3.63, 3.8) is 0 Å². The number of hydrogen-bond acceptors (Lipinski definition) is 2. The first-order valence-corrected chi connectivity index (χ1v) is 11.4. The number of nitrogens with one attached hydrogen (secondary N) is 1. The predicted molar refractivity (Wildman–Crippen MR) is 123 cm³/mol. The standard InChI is InChI=1S/C27H37NO/c1-17(2)21-11-13-27(5)14-12-22-23(25(21)27)10-9-20(15-24(22)29)16-28-26-18(3)7-6-8-19(26)4/h6-10,17,22,24,28-29H,11-16H2,1-5H3/t22-,24?,27-/m1/s1. The minimum absolute atomic E-state index is 0.277. The van der Waals surface area contributed by atoms with Crippen LogP contribution in [0.15, 0.2) is 52.6 Å². The third-order valence-corrected chi connectivity index (χ3v) is 7.67. The van der Waals surface area contributed by atoms with Crippen LogP contribution in [0.3, 0.4) is 0 Å². The lowest BCUT2D eigenvalue weighted by Crippen LogP contribution is -2.33. The van der Waals surface area contributed by atoms with Crippen LogP contribution in [-0.4, -0.2) is 17.8 Å². The van der Waals surface area contributed by atoms with E-state index in [4.69, 9.17) is 0 Å². The molecule has 3 atom stereocenters. The van der Waals surface area contributed by atoms with E-state index in [1.165, 1.54) is 47.2 Å². The number of fused-ring (bicyclic) bond motifs is 3. The zero-order valence-electron chi connectivity index (χ0n) is 18.8. The molecular formula is C27H37NO. The fraction of sp³-hybridized carbons (Fsp3) is 0.556. The van der Waals surface area contributed by atoms with Crippen molar-refractivity contribution in [3.8, 4) is 0 Å². The van der Waals surface area contributed by atoms with Crippen molar-refractivity contribution < 1.29 is 5.11 Å². The summed E-state index contributed by atoms with van der Waals surface area (Å²) in [4.78, 5) is 0. The summed E-state index contributed by atoms with van der Waals surface area (Å²) in [6.07, 6.45) is 9.99. The van der Waals surface area contributed by atoms with E-state index in [1.807, 2.05) is 0 Å². The Bertz CT molecular complexity index is 868. The highest BCUT2D eigenvalue weighted by Gasteiger charge is 2.45. The van der Waals surface area contributed by atoms with Crippen molar-refractivity contribution in [2.75, 3.05) is 11.9 Å². The molecule has 1 aromatic rings. The minimum atomic E-state index is -0.277. The Balaban J connectivity index is 1.63. The number of aliphatic hydroxyl groups excluding tert-OH is 1. The summed E-state index contributed by atoms with van der Waals surface area (Å²) in [5.74, 6) is 0.889. The SMILES string of the molecule is Cc1cccc(C)c1NCC1=CC=C2C3=C(C(C)C)CC[C@]3(C)CC[C@H]2C(O)C1. The Hall–Kier alpha value is -1.80. The van der Waals surface area contributed by atoms with Gasteiger partial charge in [0.05, 0.1) is 6.10 Å². The maximum Gasteiger partial charge on any atom is 0.0646 e. The Kier molecular flexibility index (Phi) is 5.50. The molecule has 156 valence electrons. The van der Waals surface area contributed by atoms with Gasteiger partial charge in [0.15, 0.2) is 0 Å². The van der Waals surface area contributed by atoms with Crippen LogP contribution in [0.4, 0.5) is 5.69 Å². The fourth-order valence-electron chi connectivity index (χ4n) is 5.94. The number of rotatable bonds is 4. The Labute approximate surface area is 176 Å². The number of aliphatic hydroxyl groups is 1. The number of hydrogen-bond donors (Lipinski definition) is 2. The van der Waals surface area contributed by atoms with Gasteiger partial charge in [-0.1, -0.05) is 56.7 Å². The molecule has 0 radical (unpaired) electrons. The average molecular weight is 392 g/mol. The largest absolute Gasteiger partial charge is 0.392 e. The van der Waals surface area contributed by atoms with Crippen LogP contribution in [0.2, 0.25) is 0 Å². The molecule has 0 bridgehead atoms. The number of para-hydroxylation sites is 1. The molecule has 0 spiro atoms. The first-order valence-electron chi connectivity index (χ1n) is 11.4. The molecule has 2 nitrogen and oxygen atoms in total. The van der Waals surface area contributed by atoms with Crippen LogP contribution in [0.5, 0.6) is 0 Å². The summed E-state index contributed by atoms with van der Waals surface area (Å²) in [5, 5.41) is 14.8. The molecule has 1 saturated carbocycles. The summed E-state index contributed by atoms with van der Waals surface area (Å²) >= 11 is 0. The molecule has 0 aromatic heterocycles. The number of benzene rings is 1. The first-order chi connectivity index (χ1) is 13.8. The summed E-state index contributed by atoms with van der Waals surface area (Å²) < 4.78 is 0. The summed E-state index contributed by atoms with van der Waals surface area (Å²) in [7, 11) is 0. The fourth-order valence-corrected chi connectivity index (χ4v) is 5.94. The van der Waals surface area contributed by atoms with E-state index < -0.39 is 0 Å². The molecule has 3 aliphatic carbocycles. The topological polar surface area (TPSA) is 32.3 Å². The van der Waals surface area contributed by atoms with Crippen LogP contribution in [0.1, 0.15) is 64.0 Å². The van der Waals surface area contributed by atoms with Gasteiger partial charge in [-0.25, -0.2) is 0 Å². The smallest absolute Gasteiger partial charge is 0.0646 e. The zero-order chi connectivity index (χ0) is 20.8. The quantitative estimate of drug-likeness (QED) is 0.614. The summed E-state index contributed by atoms with van der Waals surface area (Å²) in [5.41, 5.74) is 10.1. The maximum atomic E-state index is 11.2. The second-order valence-electron chi connectivity index (χ2n) is 10.1. The van der Waals surface area contributed by atoms with Gasteiger partial charge in [-0.3, -0.25) is 0 Å². The second-order valence-corrected chi connectivity index (χ2v) is 10.1. The van der Waals surface area contributed by atoms with Gasteiger partial charge in [0, 0.05) is 18.2 Å². The van der Waals surface area contributed by atoms with Crippen molar-refractivity contribution in [3.05, 3.63) is 63.8 Å². The molecule has 4 rings (SSSR count).